The van der Waals surface area contributed by atoms with E-state index >= 15 is 0 Å². The second-order valence-electron chi connectivity index (χ2n) is 4.78. The number of nitrogens with one attached hydrogen (secondary N) is 1. The van der Waals surface area contributed by atoms with E-state index in [2.05, 4.69) is 12.2 Å². The number of rotatable bonds is 9. The third-order valence-electron chi connectivity index (χ3n) is 3.23. The quantitative estimate of drug-likeness (QED) is 0.578. The van der Waals surface area contributed by atoms with Crippen LogP contribution >= 0.6 is 0 Å². The fourth-order valence-electron chi connectivity index (χ4n) is 2.10. The van der Waals surface area contributed by atoms with Crippen LogP contribution in [0.15, 0.2) is 0 Å². The van der Waals surface area contributed by atoms with Crippen molar-refractivity contribution in [3.63, 3.8) is 0 Å². The van der Waals surface area contributed by atoms with Gasteiger partial charge in [0.15, 0.2) is 0 Å². The Balaban J connectivity index is 1.91. The van der Waals surface area contributed by atoms with Gasteiger partial charge in [-0.1, -0.05) is 13.3 Å². The molecule has 0 aromatic carbocycles. The lowest BCUT2D eigenvalue weighted by molar-refractivity contribution is -0.137. The smallest absolute Gasteiger partial charge is 0.303 e. The maximum Gasteiger partial charge on any atom is 0.303 e. The highest BCUT2D eigenvalue weighted by Gasteiger charge is 2.40. The van der Waals surface area contributed by atoms with Crippen LogP contribution < -0.4 is 5.32 Å². The van der Waals surface area contributed by atoms with Crippen molar-refractivity contribution >= 4 is 5.97 Å². The highest BCUT2D eigenvalue weighted by atomic mass is 16.4. The molecule has 0 aromatic heterocycles. The van der Waals surface area contributed by atoms with Crippen LogP contribution in [0.4, 0.5) is 0 Å². The summed E-state index contributed by atoms with van der Waals surface area (Å²) in [6, 6.07) is 0. The molecule has 3 nitrogen and oxygen atoms in total. The molecule has 15 heavy (non-hydrogen) atoms. The molecule has 0 heterocycles. The summed E-state index contributed by atoms with van der Waals surface area (Å²) in [6.45, 7) is 4.35. The van der Waals surface area contributed by atoms with E-state index in [0.29, 0.717) is 11.8 Å². The van der Waals surface area contributed by atoms with Crippen molar-refractivity contribution in [2.45, 2.75) is 51.9 Å². The first-order valence-corrected chi connectivity index (χ1v) is 6.11. The minimum atomic E-state index is -0.681. The van der Waals surface area contributed by atoms with Crippen LogP contribution in [0.25, 0.3) is 0 Å². The molecule has 0 atom stereocenters. The van der Waals surface area contributed by atoms with Gasteiger partial charge in [-0.15, -0.1) is 0 Å². The number of hydrogen-bond donors (Lipinski definition) is 2. The maximum atomic E-state index is 10.3. The Hall–Kier alpha value is -0.570. The molecule has 0 radical (unpaired) electrons. The average Bonchev–Trinajstić information content (AvgIpc) is 2.92. The van der Waals surface area contributed by atoms with E-state index in [0.717, 1.165) is 25.9 Å². The van der Waals surface area contributed by atoms with E-state index in [1.165, 1.54) is 25.7 Å². The molecule has 1 aliphatic carbocycles. The van der Waals surface area contributed by atoms with Gasteiger partial charge < -0.3 is 10.4 Å². The summed E-state index contributed by atoms with van der Waals surface area (Å²) in [5.74, 6) is -0.681. The van der Waals surface area contributed by atoms with Gasteiger partial charge in [0.1, 0.15) is 0 Å². The summed E-state index contributed by atoms with van der Waals surface area (Å²) in [6.07, 6.45) is 7.46. The first-order chi connectivity index (χ1) is 7.18. The van der Waals surface area contributed by atoms with Gasteiger partial charge in [-0.25, -0.2) is 0 Å². The molecule has 1 saturated carbocycles. The van der Waals surface area contributed by atoms with Crippen molar-refractivity contribution in [2.75, 3.05) is 13.1 Å². The Morgan fingerprint density at radius 1 is 1.40 bits per heavy atom. The average molecular weight is 213 g/mol. The number of carboxylic acids is 1. The summed E-state index contributed by atoms with van der Waals surface area (Å²) in [7, 11) is 0. The van der Waals surface area contributed by atoms with Crippen molar-refractivity contribution < 1.29 is 9.90 Å². The number of unbranched alkanes of at least 4 members (excludes halogenated alkanes) is 1. The Labute approximate surface area is 92.3 Å². The van der Waals surface area contributed by atoms with Crippen LogP contribution in [-0.4, -0.2) is 24.2 Å². The maximum absolute atomic E-state index is 10.3. The molecule has 2 N–H and O–H groups in total. The number of hydrogen-bond acceptors (Lipinski definition) is 2. The zero-order valence-corrected chi connectivity index (χ0v) is 9.72. The van der Waals surface area contributed by atoms with Crippen LogP contribution in [0, 0.1) is 5.41 Å². The molecule has 0 saturated heterocycles. The first-order valence-electron chi connectivity index (χ1n) is 6.11. The van der Waals surface area contributed by atoms with Gasteiger partial charge in [0.05, 0.1) is 0 Å². The molecule has 3 heteroatoms. The third-order valence-corrected chi connectivity index (χ3v) is 3.23. The lowest BCUT2D eigenvalue weighted by Crippen LogP contribution is -2.25. The minimum Gasteiger partial charge on any atom is -0.481 e. The van der Waals surface area contributed by atoms with Gasteiger partial charge in [-0.3, -0.25) is 4.79 Å². The van der Waals surface area contributed by atoms with E-state index in [1.807, 2.05) is 0 Å². The molecule has 0 aromatic rings. The van der Waals surface area contributed by atoms with Gasteiger partial charge in [0.2, 0.25) is 0 Å². The fourth-order valence-corrected chi connectivity index (χ4v) is 2.10. The Morgan fingerprint density at radius 2 is 2.13 bits per heavy atom. The molecule has 0 unspecified atom stereocenters. The third kappa shape index (κ3) is 5.17. The minimum absolute atomic E-state index is 0.307. The molecule has 0 aliphatic heterocycles. The largest absolute Gasteiger partial charge is 0.481 e. The van der Waals surface area contributed by atoms with Crippen molar-refractivity contribution in [1.82, 2.24) is 5.32 Å². The molecule has 88 valence electrons. The lowest BCUT2D eigenvalue weighted by Gasteiger charge is -2.14. The highest BCUT2D eigenvalue weighted by molar-refractivity contribution is 5.66. The number of aliphatic carboxylic acids is 1. The van der Waals surface area contributed by atoms with Gasteiger partial charge in [-0.2, -0.15) is 0 Å². The van der Waals surface area contributed by atoms with E-state index in [1.54, 1.807) is 0 Å². The van der Waals surface area contributed by atoms with E-state index in [9.17, 15) is 4.79 Å². The summed E-state index contributed by atoms with van der Waals surface area (Å²) in [5, 5.41) is 11.9. The monoisotopic (exact) mass is 213 g/mol. The Kier molecular flexibility index (Phi) is 5.09. The topological polar surface area (TPSA) is 49.3 Å². The van der Waals surface area contributed by atoms with Gasteiger partial charge in [0.25, 0.3) is 0 Å². The van der Waals surface area contributed by atoms with E-state index in [4.69, 9.17) is 5.11 Å². The SMILES string of the molecule is CCCC1(CNCCCCC(=O)O)CC1. The van der Waals surface area contributed by atoms with Crippen molar-refractivity contribution in [3.05, 3.63) is 0 Å². The second kappa shape index (κ2) is 6.11. The van der Waals surface area contributed by atoms with Crippen LogP contribution in [0.5, 0.6) is 0 Å². The van der Waals surface area contributed by atoms with Crippen molar-refractivity contribution in [1.29, 1.82) is 0 Å². The summed E-state index contributed by atoms with van der Waals surface area (Å²) in [4.78, 5) is 10.3. The van der Waals surface area contributed by atoms with Gasteiger partial charge in [0, 0.05) is 13.0 Å². The van der Waals surface area contributed by atoms with Crippen LogP contribution in [0.2, 0.25) is 0 Å². The zero-order valence-electron chi connectivity index (χ0n) is 9.72. The predicted molar refractivity (Wildman–Crippen MR) is 60.9 cm³/mol. The molecule has 0 amide bonds. The van der Waals surface area contributed by atoms with Gasteiger partial charge >= 0.3 is 5.97 Å². The Morgan fingerprint density at radius 3 is 2.67 bits per heavy atom. The van der Waals surface area contributed by atoms with Crippen LogP contribution in [0.1, 0.15) is 51.9 Å². The molecule has 0 bridgehead atoms. The summed E-state index contributed by atoms with van der Waals surface area (Å²) in [5.41, 5.74) is 0.613. The molecule has 1 fully saturated rings. The van der Waals surface area contributed by atoms with Crippen molar-refractivity contribution in [3.8, 4) is 0 Å². The van der Waals surface area contributed by atoms with Crippen LogP contribution in [0.3, 0.4) is 0 Å². The summed E-state index contributed by atoms with van der Waals surface area (Å²) < 4.78 is 0. The Bertz CT molecular complexity index is 200. The van der Waals surface area contributed by atoms with Crippen LogP contribution in [-0.2, 0) is 4.79 Å². The summed E-state index contributed by atoms with van der Waals surface area (Å²) >= 11 is 0. The molecule has 0 spiro atoms. The highest BCUT2D eigenvalue weighted by Crippen LogP contribution is 2.48. The standard InChI is InChI=1S/C12H23NO2/c1-2-6-12(7-8-12)10-13-9-4-3-5-11(14)15/h13H,2-10H2,1H3,(H,14,15). The van der Waals surface area contributed by atoms with Gasteiger partial charge in [-0.05, 0) is 44.1 Å². The molecule has 1 rings (SSSR count). The molecule has 1 aliphatic rings. The number of carbonyl (C=O) groups is 1. The normalized spacial score (nSPS) is 17.7. The zero-order chi connectivity index (χ0) is 11.1. The predicted octanol–water partition coefficient (Wildman–Crippen LogP) is 2.41. The number of carboxylic acid groups (broad SMARTS) is 1. The first kappa shape index (κ1) is 12.5. The second-order valence-corrected chi connectivity index (χ2v) is 4.78. The fraction of sp³-hybridized carbons (Fsp3) is 0.917. The van der Waals surface area contributed by atoms with E-state index < -0.39 is 5.97 Å². The molecular weight excluding hydrogens is 190 g/mol. The molecular formula is C12H23NO2. The van der Waals surface area contributed by atoms with Crippen molar-refractivity contribution in [2.24, 2.45) is 5.41 Å². The lowest BCUT2D eigenvalue weighted by atomic mass is 10.0. The van der Waals surface area contributed by atoms with E-state index in [-0.39, 0.29) is 0 Å².